The summed E-state index contributed by atoms with van der Waals surface area (Å²) in [5.74, 6) is 0. The summed E-state index contributed by atoms with van der Waals surface area (Å²) < 4.78 is 37.6. The lowest BCUT2D eigenvalue weighted by Gasteiger charge is -2.08. The molecule has 0 aliphatic heterocycles. The highest BCUT2D eigenvalue weighted by Gasteiger charge is 2.29. The first kappa shape index (κ1) is 14.1. The largest absolute Gasteiger partial charge is 0.416 e. The standard InChI is InChI=1S/C17H16F3N/c18-17(19,20)15-7-5-14(6-8-15)13-3-1-12(2-4-13)11-21-16-9-10-16/h1-8,16,21H,9-11H2. The summed E-state index contributed by atoms with van der Waals surface area (Å²) in [5.41, 5.74) is 2.30. The molecule has 1 aliphatic carbocycles. The quantitative estimate of drug-likeness (QED) is 0.866. The summed E-state index contributed by atoms with van der Waals surface area (Å²) in [6.45, 7) is 0.845. The first-order valence-electron chi connectivity index (χ1n) is 7.02. The molecule has 0 heterocycles. The molecule has 0 aromatic heterocycles. The van der Waals surface area contributed by atoms with E-state index in [1.165, 1.54) is 30.5 Å². The molecular formula is C17H16F3N. The molecule has 0 atom stereocenters. The molecule has 0 saturated heterocycles. The van der Waals surface area contributed by atoms with Crippen LogP contribution in [0.1, 0.15) is 24.0 Å². The average molecular weight is 291 g/mol. The Kier molecular flexibility index (Phi) is 3.72. The summed E-state index contributed by atoms with van der Waals surface area (Å²) in [6, 6.07) is 13.9. The van der Waals surface area contributed by atoms with Crippen molar-refractivity contribution in [2.75, 3.05) is 0 Å². The van der Waals surface area contributed by atoms with Crippen LogP contribution in [-0.2, 0) is 12.7 Å². The molecule has 0 unspecified atom stereocenters. The van der Waals surface area contributed by atoms with Gasteiger partial charge in [0.05, 0.1) is 5.56 Å². The van der Waals surface area contributed by atoms with Crippen LogP contribution in [0.4, 0.5) is 13.2 Å². The number of alkyl halides is 3. The normalized spacial score (nSPS) is 15.2. The zero-order valence-corrected chi connectivity index (χ0v) is 11.5. The van der Waals surface area contributed by atoms with Gasteiger partial charge in [-0.1, -0.05) is 36.4 Å². The minimum Gasteiger partial charge on any atom is -0.310 e. The van der Waals surface area contributed by atoms with Gasteiger partial charge < -0.3 is 5.32 Å². The Hall–Kier alpha value is -1.81. The maximum absolute atomic E-state index is 12.5. The van der Waals surface area contributed by atoms with Gasteiger partial charge in [-0.05, 0) is 41.7 Å². The zero-order valence-electron chi connectivity index (χ0n) is 11.5. The molecule has 0 radical (unpaired) electrons. The van der Waals surface area contributed by atoms with Crippen molar-refractivity contribution in [1.29, 1.82) is 0 Å². The highest BCUT2D eigenvalue weighted by molar-refractivity contribution is 5.64. The van der Waals surface area contributed by atoms with Gasteiger partial charge in [0.1, 0.15) is 0 Å². The van der Waals surface area contributed by atoms with E-state index in [9.17, 15) is 13.2 Å². The highest BCUT2D eigenvalue weighted by Crippen LogP contribution is 2.31. The first-order chi connectivity index (χ1) is 10.0. The summed E-state index contributed by atoms with van der Waals surface area (Å²) in [7, 11) is 0. The van der Waals surface area contributed by atoms with Crippen molar-refractivity contribution in [3.8, 4) is 11.1 Å². The summed E-state index contributed by atoms with van der Waals surface area (Å²) >= 11 is 0. The maximum atomic E-state index is 12.5. The Morgan fingerprint density at radius 2 is 1.38 bits per heavy atom. The predicted molar refractivity (Wildman–Crippen MR) is 76.7 cm³/mol. The van der Waals surface area contributed by atoms with Crippen LogP contribution in [-0.4, -0.2) is 6.04 Å². The molecule has 110 valence electrons. The van der Waals surface area contributed by atoms with Crippen molar-refractivity contribution >= 4 is 0 Å². The van der Waals surface area contributed by atoms with E-state index in [2.05, 4.69) is 5.32 Å². The molecule has 1 N–H and O–H groups in total. The Labute approximate surface area is 121 Å². The van der Waals surface area contributed by atoms with Crippen molar-refractivity contribution in [2.45, 2.75) is 31.6 Å². The molecule has 1 nitrogen and oxygen atoms in total. The molecule has 3 rings (SSSR count). The van der Waals surface area contributed by atoms with Gasteiger partial charge in [0.25, 0.3) is 0 Å². The maximum Gasteiger partial charge on any atom is 0.416 e. The Morgan fingerprint density at radius 3 is 1.86 bits per heavy atom. The van der Waals surface area contributed by atoms with Crippen molar-refractivity contribution < 1.29 is 13.2 Å². The molecule has 0 bridgehead atoms. The second kappa shape index (κ2) is 5.53. The fourth-order valence-electron chi connectivity index (χ4n) is 2.22. The average Bonchev–Trinajstić information content (AvgIpc) is 3.29. The molecule has 0 spiro atoms. The van der Waals surface area contributed by atoms with Gasteiger partial charge in [-0.15, -0.1) is 0 Å². The van der Waals surface area contributed by atoms with Crippen LogP contribution in [0.5, 0.6) is 0 Å². The minimum atomic E-state index is -4.28. The topological polar surface area (TPSA) is 12.0 Å². The molecule has 1 aliphatic rings. The number of hydrogen-bond donors (Lipinski definition) is 1. The second-order valence-electron chi connectivity index (χ2n) is 5.43. The number of nitrogens with one attached hydrogen (secondary N) is 1. The van der Waals surface area contributed by atoms with E-state index in [0.29, 0.717) is 6.04 Å². The van der Waals surface area contributed by atoms with Gasteiger partial charge >= 0.3 is 6.18 Å². The van der Waals surface area contributed by atoms with Gasteiger partial charge in [0, 0.05) is 12.6 Å². The number of benzene rings is 2. The Bertz CT molecular complexity index is 595. The minimum absolute atomic E-state index is 0.614. The monoisotopic (exact) mass is 291 g/mol. The fraction of sp³-hybridized carbons (Fsp3) is 0.294. The van der Waals surface area contributed by atoms with Crippen LogP contribution in [0.15, 0.2) is 48.5 Å². The van der Waals surface area contributed by atoms with Crippen LogP contribution in [0.3, 0.4) is 0 Å². The van der Waals surface area contributed by atoms with Gasteiger partial charge in [-0.25, -0.2) is 0 Å². The van der Waals surface area contributed by atoms with E-state index in [1.54, 1.807) is 0 Å². The lowest BCUT2D eigenvalue weighted by Crippen LogP contribution is -2.14. The van der Waals surface area contributed by atoms with E-state index in [4.69, 9.17) is 0 Å². The van der Waals surface area contributed by atoms with Crippen LogP contribution in [0, 0.1) is 0 Å². The van der Waals surface area contributed by atoms with Crippen LogP contribution < -0.4 is 5.32 Å². The van der Waals surface area contributed by atoms with Gasteiger partial charge in [0.2, 0.25) is 0 Å². The number of halogens is 3. The van der Waals surface area contributed by atoms with E-state index in [1.807, 2.05) is 24.3 Å². The zero-order chi connectivity index (χ0) is 14.9. The van der Waals surface area contributed by atoms with Crippen molar-refractivity contribution in [3.63, 3.8) is 0 Å². The van der Waals surface area contributed by atoms with E-state index < -0.39 is 11.7 Å². The lowest BCUT2D eigenvalue weighted by atomic mass is 10.0. The highest BCUT2D eigenvalue weighted by atomic mass is 19.4. The van der Waals surface area contributed by atoms with Crippen LogP contribution in [0.2, 0.25) is 0 Å². The molecule has 4 heteroatoms. The van der Waals surface area contributed by atoms with E-state index >= 15 is 0 Å². The molecule has 2 aromatic rings. The summed E-state index contributed by atoms with van der Waals surface area (Å²) in [6.07, 6.45) is -1.77. The molecule has 0 amide bonds. The smallest absolute Gasteiger partial charge is 0.310 e. The lowest BCUT2D eigenvalue weighted by molar-refractivity contribution is -0.137. The predicted octanol–water partition coefficient (Wildman–Crippen LogP) is 4.62. The second-order valence-corrected chi connectivity index (χ2v) is 5.43. The third-order valence-corrected chi connectivity index (χ3v) is 3.67. The summed E-state index contributed by atoms with van der Waals surface area (Å²) in [4.78, 5) is 0. The number of hydrogen-bond acceptors (Lipinski definition) is 1. The third kappa shape index (κ3) is 3.64. The first-order valence-corrected chi connectivity index (χ1v) is 7.02. The molecule has 2 aromatic carbocycles. The van der Waals surface area contributed by atoms with Crippen LogP contribution in [0.25, 0.3) is 11.1 Å². The van der Waals surface area contributed by atoms with Crippen molar-refractivity contribution in [3.05, 3.63) is 59.7 Å². The van der Waals surface area contributed by atoms with Crippen molar-refractivity contribution in [1.82, 2.24) is 5.32 Å². The molecule has 21 heavy (non-hydrogen) atoms. The molecule has 1 saturated carbocycles. The third-order valence-electron chi connectivity index (χ3n) is 3.67. The van der Waals surface area contributed by atoms with Gasteiger partial charge in [-0.3, -0.25) is 0 Å². The van der Waals surface area contributed by atoms with E-state index in [0.717, 1.165) is 29.8 Å². The Morgan fingerprint density at radius 1 is 0.857 bits per heavy atom. The SMILES string of the molecule is FC(F)(F)c1ccc(-c2ccc(CNC3CC3)cc2)cc1. The van der Waals surface area contributed by atoms with Gasteiger partial charge in [-0.2, -0.15) is 13.2 Å². The Balaban J connectivity index is 1.70. The number of rotatable bonds is 4. The molecular weight excluding hydrogens is 275 g/mol. The van der Waals surface area contributed by atoms with Gasteiger partial charge in [0.15, 0.2) is 0 Å². The fourth-order valence-corrected chi connectivity index (χ4v) is 2.22. The molecule has 1 fully saturated rings. The van der Waals surface area contributed by atoms with Crippen LogP contribution >= 0.6 is 0 Å². The summed E-state index contributed by atoms with van der Waals surface area (Å²) in [5, 5.41) is 3.43. The van der Waals surface area contributed by atoms with E-state index in [-0.39, 0.29) is 0 Å². The van der Waals surface area contributed by atoms with Crippen molar-refractivity contribution in [2.24, 2.45) is 0 Å².